The molecular formula is C14H12BF4O-. The van der Waals surface area contributed by atoms with Crippen LogP contribution in [0.3, 0.4) is 0 Å². The van der Waals surface area contributed by atoms with Gasteiger partial charge in [0.25, 0.3) is 0 Å². The van der Waals surface area contributed by atoms with Crippen LogP contribution in [0.5, 0.6) is 5.75 Å². The van der Waals surface area contributed by atoms with Crippen molar-refractivity contribution in [3.05, 3.63) is 59.4 Å². The lowest BCUT2D eigenvalue weighted by atomic mass is 9.80. The molecule has 0 aliphatic carbocycles. The zero-order chi connectivity index (χ0) is 14.8. The quantitative estimate of drug-likeness (QED) is 0.613. The lowest BCUT2D eigenvalue weighted by Crippen LogP contribution is -2.33. The molecule has 0 saturated carbocycles. The maximum Gasteiger partial charge on any atom is 0.509 e. The molecule has 0 fully saturated rings. The highest BCUT2D eigenvalue weighted by Crippen LogP contribution is 2.17. The maximum atomic E-state index is 12.9. The van der Waals surface area contributed by atoms with E-state index >= 15 is 0 Å². The van der Waals surface area contributed by atoms with E-state index in [1.54, 1.807) is 13.0 Å². The summed E-state index contributed by atoms with van der Waals surface area (Å²) in [6.07, 6.45) is 0. The van der Waals surface area contributed by atoms with E-state index in [0.29, 0.717) is 5.56 Å². The van der Waals surface area contributed by atoms with Crippen molar-refractivity contribution in [3.63, 3.8) is 0 Å². The van der Waals surface area contributed by atoms with Gasteiger partial charge in [0.2, 0.25) is 0 Å². The predicted molar refractivity (Wildman–Crippen MR) is 70.6 cm³/mol. The molecule has 0 heterocycles. The Bertz CT molecular complexity index is 610. The van der Waals surface area contributed by atoms with Crippen molar-refractivity contribution in [3.8, 4) is 5.75 Å². The highest BCUT2D eigenvalue weighted by molar-refractivity contribution is 6.73. The SMILES string of the molecule is Cc1cc(F)ccc1COc1cccc([B-](F)(F)F)c1. The first-order valence-electron chi connectivity index (χ1n) is 6.04. The summed E-state index contributed by atoms with van der Waals surface area (Å²) in [4.78, 5) is 0. The number of ether oxygens (including phenoxy) is 1. The van der Waals surface area contributed by atoms with Crippen LogP contribution < -0.4 is 10.2 Å². The van der Waals surface area contributed by atoms with Gasteiger partial charge in [0.15, 0.2) is 0 Å². The molecule has 6 heteroatoms. The van der Waals surface area contributed by atoms with Crippen molar-refractivity contribution in [2.75, 3.05) is 0 Å². The first-order chi connectivity index (χ1) is 9.36. The molecule has 106 valence electrons. The maximum absolute atomic E-state index is 12.9. The average molecular weight is 283 g/mol. The summed E-state index contributed by atoms with van der Waals surface area (Å²) in [5, 5.41) is 0. The molecule has 0 amide bonds. The van der Waals surface area contributed by atoms with Crippen LogP contribution in [0.1, 0.15) is 11.1 Å². The molecule has 0 saturated heterocycles. The normalized spacial score (nSPS) is 11.4. The van der Waals surface area contributed by atoms with Crippen LogP contribution in [-0.2, 0) is 6.61 Å². The number of aryl methyl sites for hydroxylation is 1. The molecule has 0 aliphatic rings. The molecule has 1 nitrogen and oxygen atoms in total. The van der Waals surface area contributed by atoms with E-state index in [2.05, 4.69) is 0 Å². The van der Waals surface area contributed by atoms with Gasteiger partial charge < -0.3 is 17.7 Å². The van der Waals surface area contributed by atoms with Gasteiger partial charge in [0.1, 0.15) is 18.2 Å². The standard InChI is InChI=1S/C14H12BF4O/c1-10-7-13(16)6-5-11(10)9-20-14-4-2-3-12(8-14)15(17,18)19/h2-8H,9H2,1H3/q-1. The smallest absolute Gasteiger partial charge is 0.489 e. The topological polar surface area (TPSA) is 9.23 Å². The second-order valence-corrected chi connectivity index (χ2v) is 4.51. The second kappa shape index (κ2) is 5.57. The van der Waals surface area contributed by atoms with Gasteiger partial charge in [-0.15, -0.1) is 5.46 Å². The molecule has 0 aliphatic heterocycles. The lowest BCUT2D eigenvalue weighted by Gasteiger charge is -2.16. The average Bonchev–Trinajstić information content (AvgIpc) is 2.37. The largest absolute Gasteiger partial charge is 0.509 e. The fourth-order valence-electron chi connectivity index (χ4n) is 1.79. The molecule has 2 aromatic carbocycles. The molecule has 0 bridgehead atoms. The molecule has 0 unspecified atom stereocenters. The van der Waals surface area contributed by atoms with Gasteiger partial charge in [-0.05, 0) is 42.3 Å². The summed E-state index contributed by atoms with van der Waals surface area (Å²) < 4.78 is 56.1. The Balaban J connectivity index is 2.11. The van der Waals surface area contributed by atoms with Crippen molar-refractivity contribution in [1.82, 2.24) is 0 Å². The van der Waals surface area contributed by atoms with E-state index < -0.39 is 12.4 Å². The van der Waals surface area contributed by atoms with Crippen molar-refractivity contribution >= 4 is 12.4 Å². The summed E-state index contributed by atoms with van der Waals surface area (Å²) in [5.74, 6) is -0.210. The van der Waals surface area contributed by atoms with Crippen LogP contribution in [0.25, 0.3) is 0 Å². The van der Waals surface area contributed by atoms with Gasteiger partial charge in [-0.3, -0.25) is 0 Å². The highest BCUT2D eigenvalue weighted by Gasteiger charge is 2.25. The summed E-state index contributed by atoms with van der Waals surface area (Å²) in [6.45, 7) is -3.22. The monoisotopic (exact) mass is 283 g/mol. The zero-order valence-electron chi connectivity index (χ0n) is 10.7. The number of hydrogen-bond acceptors (Lipinski definition) is 1. The molecule has 0 atom stereocenters. The van der Waals surface area contributed by atoms with E-state index in [9.17, 15) is 17.3 Å². The molecule has 2 rings (SSSR count). The van der Waals surface area contributed by atoms with Crippen LogP contribution in [0.4, 0.5) is 17.3 Å². The van der Waals surface area contributed by atoms with Crippen molar-refractivity contribution in [1.29, 1.82) is 0 Å². The summed E-state index contributed by atoms with van der Waals surface area (Å²) >= 11 is 0. The molecule has 20 heavy (non-hydrogen) atoms. The summed E-state index contributed by atoms with van der Waals surface area (Å²) in [6, 6.07) is 8.95. The van der Waals surface area contributed by atoms with Crippen molar-refractivity contribution in [2.24, 2.45) is 0 Å². The Kier molecular flexibility index (Phi) is 4.02. The molecular weight excluding hydrogens is 271 g/mol. The highest BCUT2D eigenvalue weighted by atomic mass is 19.4. The molecule has 0 radical (unpaired) electrons. The third-order valence-electron chi connectivity index (χ3n) is 2.94. The first-order valence-corrected chi connectivity index (χ1v) is 6.04. The fraction of sp³-hybridized carbons (Fsp3) is 0.143. The van der Waals surface area contributed by atoms with Crippen molar-refractivity contribution in [2.45, 2.75) is 13.5 Å². The zero-order valence-corrected chi connectivity index (χ0v) is 10.7. The van der Waals surface area contributed by atoms with E-state index in [0.717, 1.165) is 17.7 Å². The number of hydrogen-bond donors (Lipinski definition) is 0. The van der Waals surface area contributed by atoms with Gasteiger partial charge in [0.05, 0.1) is 0 Å². The summed E-state index contributed by atoms with van der Waals surface area (Å²) in [7, 11) is 0. The van der Waals surface area contributed by atoms with Crippen molar-refractivity contribution < 1.29 is 22.1 Å². The van der Waals surface area contributed by atoms with E-state index in [1.807, 2.05) is 0 Å². The van der Waals surface area contributed by atoms with Crippen LogP contribution in [0.15, 0.2) is 42.5 Å². The van der Waals surface area contributed by atoms with Crippen LogP contribution >= 0.6 is 0 Å². The minimum Gasteiger partial charge on any atom is -0.489 e. The summed E-state index contributed by atoms with van der Waals surface area (Å²) in [5.41, 5.74) is 0.730. The Hall–Kier alpha value is -1.98. The minimum absolute atomic E-state index is 0.0976. The van der Waals surface area contributed by atoms with E-state index in [-0.39, 0.29) is 18.2 Å². The van der Waals surface area contributed by atoms with Gasteiger partial charge in [-0.1, -0.05) is 18.2 Å². The Labute approximate surface area is 114 Å². The van der Waals surface area contributed by atoms with Crippen LogP contribution in [-0.4, -0.2) is 6.98 Å². The predicted octanol–water partition coefficient (Wildman–Crippen LogP) is 3.77. The van der Waals surface area contributed by atoms with Gasteiger partial charge in [0, 0.05) is 0 Å². The first kappa shape index (κ1) is 14.4. The van der Waals surface area contributed by atoms with Gasteiger partial charge in [-0.25, -0.2) is 4.39 Å². The van der Waals surface area contributed by atoms with Gasteiger partial charge >= 0.3 is 6.98 Å². The van der Waals surface area contributed by atoms with Gasteiger partial charge in [-0.2, -0.15) is 0 Å². The van der Waals surface area contributed by atoms with Crippen LogP contribution in [0, 0.1) is 12.7 Å². The Morgan fingerprint density at radius 2 is 1.80 bits per heavy atom. The lowest BCUT2D eigenvalue weighted by molar-refractivity contribution is 0.305. The Morgan fingerprint density at radius 3 is 2.45 bits per heavy atom. The van der Waals surface area contributed by atoms with E-state index in [4.69, 9.17) is 4.74 Å². The third kappa shape index (κ3) is 3.53. The molecule has 0 spiro atoms. The number of rotatable bonds is 4. The fourth-order valence-corrected chi connectivity index (χ4v) is 1.79. The second-order valence-electron chi connectivity index (χ2n) is 4.51. The molecule has 0 aromatic heterocycles. The van der Waals surface area contributed by atoms with Crippen LogP contribution in [0.2, 0.25) is 0 Å². The minimum atomic E-state index is -5.04. The Morgan fingerprint density at radius 1 is 1.05 bits per heavy atom. The number of halogens is 4. The molecule has 0 N–H and O–H groups in total. The van der Waals surface area contributed by atoms with E-state index in [1.165, 1.54) is 24.3 Å². The molecule has 2 aromatic rings. The number of benzene rings is 2. The third-order valence-corrected chi connectivity index (χ3v) is 2.94.